The molecule has 0 amide bonds. The molecule has 3 aliphatic heterocycles. The first-order valence-corrected chi connectivity index (χ1v) is 11.2. The van der Waals surface area contributed by atoms with Gasteiger partial charge in [-0.15, -0.1) is 0 Å². The highest BCUT2D eigenvalue weighted by atomic mass is 16.5. The topological polar surface area (TPSA) is 58.5 Å². The van der Waals surface area contributed by atoms with Gasteiger partial charge in [0.1, 0.15) is 12.2 Å². The number of nitrogens with zero attached hydrogens (tertiary/aromatic N) is 3. The monoisotopic (exact) mass is 425 g/mol. The highest BCUT2D eigenvalue weighted by Gasteiger charge is 2.44. The van der Waals surface area contributed by atoms with Gasteiger partial charge in [0, 0.05) is 36.7 Å². The zero-order valence-corrected chi connectivity index (χ0v) is 18.1. The fourth-order valence-electron chi connectivity index (χ4n) is 4.59. The van der Waals surface area contributed by atoms with Gasteiger partial charge in [0.15, 0.2) is 0 Å². The van der Waals surface area contributed by atoms with E-state index in [9.17, 15) is 5.11 Å². The number of benzene rings is 1. The quantitative estimate of drug-likeness (QED) is 0.635. The van der Waals surface area contributed by atoms with Crippen LogP contribution in [0.4, 0.5) is 0 Å². The predicted octanol–water partition coefficient (Wildman–Crippen LogP) is 3.45. The Balaban J connectivity index is 1.41. The molecule has 0 radical (unpaired) electrons. The van der Waals surface area contributed by atoms with Gasteiger partial charge < -0.3 is 9.84 Å². The molecule has 162 valence electrons. The maximum absolute atomic E-state index is 11.2. The van der Waals surface area contributed by atoms with Gasteiger partial charge in [-0.2, -0.15) is 0 Å². The third kappa shape index (κ3) is 4.67. The van der Waals surface area contributed by atoms with Crippen LogP contribution in [-0.2, 0) is 13.0 Å². The maximum atomic E-state index is 11.2. The Hall–Kier alpha value is -3.20. The summed E-state index contributed by atoms with van der Waals surface area (Å²) in [4.78, 5) is 11.4. The minimum Gasteiger partial charge on any atom is -0.471 e. The van der Waals surface area contributed by atoms with Crippen LogP contribution in [0.15, 0.2) is 66.9 Å². The number of aliphatic hydroxyl groups is 1. The summed E-state index contributed by atoms with van der Waals surface area (Å²) in [6, 6.07) is 19.8. The third-order valence-electron chi connectivity index (χ3n) is 6.40. The van der Waals surface area contributed by atoms with Crippen LogP contribution in [0.3, 0.4) is 0 Å². The lowest BCUT2D eigenvalue weighted by molar-refractivity contribution is -0.0713. The van der Waals surface area contributed by atoms with Crippen LogP contribution in [0.5, 0.6) is 5.88 Å². The summed E-state index contributed by atoms with van der Waals surface area (Å²) in [5.74, 6) is 7.30. The van der Waals surface area contributed by atoms with E-state index in [0.717, 1.165) is 48.4 Å². The van der Waals surface area contributed by atoms with E-state index in [0.29, 0.717) is 25.5 Å². The molecule has 2 bridgehead atoms. The van der Waals surface area contributed by atoms with Crippen molar-refractivity contribution >= 4 is 0 Å². The summed E-state index contributed by atoms with van der Waals surface area (Å²) >= 11 is 0. The van der Waals surface area contributed by atoms with Crippen molar-refractivity contribution in [1.82, 2.24) is 14.9 Å². The minimum atomic E-state index is -0.936. The molecule has 1 aromatic carbocycles. The molecule has 0 aliphatic carbocycles. The zero-order chi connectivity index (χ0) is 21.8. The lowest BCUT2D eigenvalue weighted by atomic mass is 9.75. The van der Waals surface area contributed by atoms with E-state index in [1.54, 1.807) is 6.20 Å². The number of piperidine rings is 3. The van der Waals surface area contributed by atoms with E-state index in [2.05, 4.69) is 33.9 Å². The molecule has 1 atom stereocenters. The molecule has 0 saturated carbocycles. The van der Waals surface area contributed by atoms with Crippen molar-refractivity contribution in [1.29, 1.82) is 0 Å². The Morgan fingerprint density at radius 2 is 1.84 bits per heavy atom. The molecule has 5 heteroatoms. The largest absolute Gasteiger partial charge is 0.471 e. The summed E-state index contributed by atoms with van der Waals surface area (Å²) in [6.45, 7) is 3.13. The summed E-state index contributed by atoms with van der Waals surface area (Å²) in [5, 5.41) is 11.2. The maximum Gasteiger partial charge on any atom is 0.213 e. The number of fused-ring (bicyclic) bond motifs is 3. The van der Waals surface area contributed by atoms with Crippen molar-refractivity contribution < 1.29 is 9.84 Å². The van der Waals surface area contributed by atoms with Crippen LogP contribution in [0.2, 0.25) is 0 Å². The van der Waals surface area contributed by atoms with Gasteiger partial charge in [-0.1, -0.05) is 48.2 Å². The molecule has 6 rings (SSSR count). The standard InChI is InChI=1S/C27H27N3O2/c31-27(20-30-16-12-23(27)13-17-30)14-11-22-9-10-26(32-19-24-8-4-5-15-28-24)29-25(22)18-21-6-2-1-3-7-21/h1-10,15,23,31H,12-13,16-20H2/t27-/m1/s1. The number of pyridine rings is 2. The van der Waals surface area contributed by atoms with Crippen LogP contribution < -0.4 is 4.74 Å². The lowest BCUT2D eigenvalue weighted by Crippen LogP contribution is -2.58. The molecular formula is C27H27N3O2. The smallest absolute Gasteiger partial charge is 0.213 e. The number of aromatic nitrogens is 2. The van der Waals surface area contributed by atoms with E-state index in [4.69, 9.17) is 9.72 Å². The van der Waals surface area contributed by atoms with Crippen LogP contribution in [0, 0.1) is 17.8 Å². The summed E-state index contributed by atoms with van der Waals surface area (Å²) in [6.07, 6.45) is 4.44. The van der Waals surface area contributed by atoms with Crippen molar-refractivity contribution in [3.05, 3.63) is 89.4 Å². The number of hydrogen-bond donors (Lipinski definition) is 1. The molecule has 0 unspecified atom stereocenters. The molecule has 5 nitrogen and oxygen atoms in total. The number of rotatable bonds is 5. The highest BCUT2D eigenvalue weighted by Crippen LogP contribution is 2.35. The van der Waals surface area contributed by atoms with Crippen LogP contribution in [-0.4, -0.2) is 45.2 Å². The van der Waals surface area contributed by atoms with E-state index in [1.165, 1.54) is 0 Å². The average Bonchev–Trinajstić information content (AvgIpc) is 2.84. The van der Waals surface area contributed by atoms with E-state index in [1.807, 2.05) is 48.5 Å². The second-order valence-electron chi connectivity index (χ2n) is 8.64. The summed E-state index contributed by atoms with van der Waals surface area (Å²) in [5.41, 5.74) is 2.77. The molecule has 1 N–H and O–H groups in total. The van der Waals surface area contributed by atoms with Crippen molar-refractivity contribution in [3.63, 3.8) is 0 Å². The first-order valence-electron chi connectivity index (χ1n) is 11.2. The fourth-order valence-corrected chi connectivity index (χ4v) is 4.59. The fraction of sp³-hybridized carbons (Fsp3) is 0.333. The number of ether oxygens (including phenoxy) is 1. The first-order chi connectivity index (χ1) is 15.7. The van der Waals surface area contributed by atoms with E-state index in [-0.39, 0.29) is 5.92 Å². The van der Waals surface area contributed by atoms with Crippen LogP contribution in [0.25, 0.3) is 0 Å². The molecular weight excluding hydrogens is 398 g/mol. The van der Waals surface area contributed by atoms with E-state index < -0.39 is 5.60 Å². The molecule has 3 aliphatic rings. The van der Waals surface area contributed by atoms with Gasteiger partial charge in [0.2, 0.25) is 5.88 Å². The van der Waals surface area contributed by atoms with Crippen molar-refractivity contribution in [2.75, 3.05) is 19.6 Å². The molecule has 0 spiro atoms. The van der Waals surface area contributed by atoms with Gasteiger partial charge in [-0.3, -0.25) is 9.88 Å². The molecule has 3 aromatic rings. The van der Waals surface area contributed by atoms with Gasteiger partial charge in [-0.05, 0) is 49.7 Å². The first kappa shape index (κ1) is 20.7. The molecule has 5 heterocycles. The van der Waals surface area contributed by atoms with Crippen molar-refractivity contribution in [3.8, 4) is 17.7 Å². The van der Waals surface area contributed by atoms with Gasteiger partial charge >= 0.3 is 0 Å². The normalized spacial score (nSPS) is 23.9. The van der Waals surface area contributed by atoms with Crippen LogP contribution in [0.1, 0.15) is 35.4 Å². The summed E-state index contributed by atoms with van der Waals surface area (Å²) in [7, 11) is 0. The second-order valence-corrected chi connectivity index (χ2v) is 8.64. The van der Waals surface area contributed by atoms with Gasteiger partial charge in [0.25, 0.3) is 0 Å². The summed E-state index contributed by atoms with van der Waals surface area (Å²) < 4.78 is 5.90. The van der Waals surface area contributed by atoms with Crippen molar-refractivity contribution in [2.45, 2.75) is 31.5 Å². The lowest BCUT2D eigenvalue weighted by Gasteiger charge is -2.47. The van der Waals surface area contributed by atoms with Gasteiger partial charge in [0.05, 0.1) is 11.4 Å². The highest BCUT2D eigenvalue weighted by molar-refractivity contribution is 5.44. The van der Waals surface area contributed by atoms with E-state index >= 15 is 0 Å². The Labute approximate surface area is 189 Å². The third-order valence-corrected chi connectivity index (χ3v) is 6.40. The predicted molar refractivity (Wildman–Crippen MR) is 123 cm³/mol. The Bertz CT molecular complexity index is 1120. The molecule has 3 saturated heterocycles. The van der Waals surface area contributed by atoms with Crippen molar-refractivity contribution in [2.24, 2.45) is 5.92 Å². The Morgan fingerprint density at radius 3 is 2.56 bits per heavy atom. The average molecular weight is 426 g/mol. The zero-order valence-electron chi connectivity index (χ0n) is 18.1. The Kier molecular flexibility index (Phi) is 5.89. The van der Waals surface area contributed by atoms with Gasteiger partial charge in [-0.25, -0.2) is 4.98 Å². The molecule has 2 aromatic heterocycles. The molecule has 3 fully saturated rings. The Morgan fingerprint density at radius 1 is 1.03 bits per heavy atom. The minimum absolute atomic E-state index is 0.256. The number of hydrogen-bond acceptors (Lipinski definition) is 5. The second kappa shape index (κ2) is 9.12. The van der Waals surface area contributed by atoms with Crippen LogP contribution >= 0.6 is 0 Å². The SMILES string of the molecule is O[C@]1(C#Cc2ccc(OCc3ccccn3)nc2Cc2ccccc2)CN2CCC1CC2. The molecule has 32 heavy (non-hydrogen) atoms.